The van der Waals surface area contributed by atoms with Crippen molar-refractivity contribution in [2.45, 2.75) is 6.92 Å². The Morgan fingerprint density at radius 3 is 2.82 bits per heavy atom. The summed E-state index contributed by atoms with van der Waals surface area (Å²) in [5.74, 6) is 0.635. The molecular weight excluding hydrogens is 354 g/mol. The number of furan rings is 1. The van der Waals surface area contributed by atoms with Crippen LogP contribution in [0.15, 0.2) is 32.1 Å². The quantitative estimate of drug-likeness (QED) is 0.893. The van der Waals surface area contributed by atoms with Gasteiger partial charge in [0.25, 0.3) is 5.91 Å². The first-order chi connectivity index (χ1) is 8.08. The summed E-state index contributed by atoms with van der Waals surface area (Å²) in [6.07, 6.45) is 2.97. The lowest BCUT2D eigenvalue weighted by Gasteiger charge is -2.04. The van der Waals surface area contributed by atoms with Gasteiger partial charge in [-0.2, -0.15) is 0 Å². The first-order valence-corrected chi connectivity index (χ1v) is 6.20. The molecule has 0 fully saturated rings. The van der Waals surface area contributed by atoms with Gasteiger partial charge in [-0.1, -0.05) is 0 Å². The van der Waals surface area contributed by atoms with Crippen molar-refractivity contribution < 1.29 is 9.21 Å². The van der Waals surface area contributed by atoms with Gasteiger partial charge in [0.15, 0.2) is 5.82 Å². The molecule has 17 heavy (non-hydrogen) atoms. The van der Waals surface area contributed by atoms with E-state index in [2.05, 4.69) is 47.1 Å². The number of carbonyl (C=O) groups excluding carboxylic acids is 1. The number of anilines is 1. The average Bonchev–Trinajstić information content (AvgIpc) is 2.68. The predicted octanol–water partition coefficient (Wildman–Crippen LogP) is 3.16. The summed E-state index contributed by atoms with van der Waals surface area (Å²) in [7, 11) is 0. The van der Waals surface area contributed by atoms with Gasteiger partial charge >= 0.3 is 0 Å². The fourth-order valence-corrected chi connectivity index (χ4v) is 2.14. The highest BCUT2D eigenvalue weighted by Crippen LogP contribution is 2.20. The largest absolute Gasteiger partial charge is 0.469 e. The first-order valence-electron chi connectivity index (χ1n) is 4.61. The van der Waals surface area contributed by atoms with Crippen LogP contribution in [0.25, 0.3) is 0 Å². The van der Waals surface area contributed by atoms with Gasteiger partial charge in [-0.3, -0.25) is 4.79 Å². The number of aryl methyl sites for hydroxylation is 1. The summed E-state index contributed by atoms with van der Waals surface area (Å²) in [5.41, 5.74) is 0.474. The zero-order valence-corrected chi connectivity index (χ0v) is 11.9. The SMILES string of the molecule is Cc1occc1C(=O)Nc1ncc(Br)nc1Br. The summed E-state index contributed by atoms with van der Waals surface area (Å²) in [6, 6.07) is 1.60. The molecule has 0 aliphatic heterocycles. The van der Waals surface area contributed by atoms with E-state index in [1.165, 1.54) is 12.5 Å². The highest BCUT2D eigenvalue weighted by Gasteiger charge is 2.14. The zero-order chi connectivity index (χ0) is 12.4. The zero-order valence-electron chi connectivity index (χ0n) is 8.70. The maximum absolute atomic E-state index is 11.9. The van der Waals surface area contributed by atoms with Crippen molar-refractivity contribution in [1.82, 2.24) is 9.97 Å². The molecular formula is C10H7Br2N3O2. The molecule has 0 atom stereocenters. The monoisotopic (exact) mass is 359 g/mol. The fourth-order valence-electron chi connectivity index (χ4n) is 1.23. The normalized spacial score (nSPS) is 10.3. The molecule has 0 bridgehead atoms. The van der Waals surface area contributed by atoms with Crippen molar-refractivity contribution >= 4 is 43.6 Å². The van der Waals surface area contributed by atoms with Crippen LogP contribution in [-0.2, 0) is 0 Å². The van der Waals surface area contributed by atoms with E-state index in [0.29, 0.717) is 26.3 Å². The molecule has 1 amide bonds. The highest BCUT2D eigenvalue weighted by molar-refractivity contribution is 9.11. The number of aromatic nitrogens is 2. The van der Waals surface area contributed by atoms with Gasteiger partial charge in [0.05, 0.1) is 18.0 Å². The van der Waals surface area contributed by atoms with Crippen molar-refractivity contribution in [1.29, 1.82) is 0 Å². The van der Waals surface area contributed by atoms with Gasteiger partial charge < -0.3 is 9.73 Å². The lowest BCUT2D eigenvalue weighted by atomic mass is 10.2. The molecule has 2 aromatic heterocycles. The summed E-state index contributed by atoms with van der Waals surface area (Å²) in [6.45, 7) is 1.72. The minimum atomic E-state index is -0.284. The Balaban J connectivity index is 2.22. The summed E-state index contributed by atoms with van der Waals surface area (Å²) in [5, 5.41) is 2.64. The second-order valence-corrected chi connectivity index (χ2v) is 4.74. The fraction of sp³-hybridized carbons (Fsp3) is 0.100. The average molecular weight is 361 g/mol. The van der Waals surface area contributed by atoms with E-state index in [0.717, 1.165) is 0 Å². The third kappa shape index (κ3) is 2.73. The van der Waals surface area contributed by atoms with Gasteiger partial charge in [-0.15, -0.1) is 0 Å². The minimum absolute atomic E-state index is 0.284. The molecule has 0 spiro atoms. The number of hydrogen-bond acceptors (Lipinski definition) is 4. The van der Waals surface area contributed by atoms with E-state index >= 15 is 0 Å². The Bertz CT molecular complexity index is 568. The molecule has 0 radical (unpaired) electrons. The van der Waals surface area contributed by atoms with Gasteiger partial charge in [-0.05, 0) is 44.8 Å². The van der Waals surface area contributed by atoms with E-state index in [9.17, 15) is 4.79 Å². The van der Waals surface area contributed by atoms with E-state index in [4.69, 9.17) is 4.42 Å². The number of carbonyl (C=O) groups is 1. The number of nitrogens with zero attached hydrogens (tertiary/aromatic N) is 2. The van der Waals surface area contributed by atoms with Crippen molar-refractivity contribution in [3.8, 4) is 0 Å². The molecule has 5 nitrogen and oxygen atoms in total. The molecule has 0 saturated heterocycles. The Kier molecular flexibility index (Phi) is 3.58. The van der Waals surface area contributed by atoms with Gasteiger partial charge in [0, 0.05) is 0 Å². The molecule has 0 aromatic carbocycles. The Morgan fingerprint density at radius 1 is 1.47 bits per heavy atom. The second-order valence-electron chi connectivity index (χ2n) is 3.18. The van der Waals surface area contributed by atoms with Crippen LogP contribution in [0.4, 0.5) is 5.82 Å². The second kappa shape index (κ2) is 4.97. The Hall–Kier alpha value is -1.21. The van der Waals surface area contributed by atoms with Crippen molar-refractivity contribution in [2.75, 3.05) is 5.32 Å². The Labute approximate surface area is 114 Å². The smallest absolute Gasteiger partial charge is 0.260 e. The van der Waals surface area contributed by atoms with E-state index in [1.54, 1.807) is 13.0 Å². The van der Waals surface area contributed by atoms with Gasteiger partial charge in [0.2, 0.25) is 0 Å². The van der Waals surface area contributed by atoms with Crippen LogP contribution in [0.2, 0.25) is 0 Å². The number of hydrogen-bond donors (Lipinski definition) is 1. The molecule has 7 heteroatoms. The van der Waals surface area contributed by atoms with Crippen molar-refractivity contribution in [3.05, 3.63) is 39.1 Å². The number of nitrogens with one attached hydrogen (secondary N) is 1. The van der Waals surface area contributed by atoms with Crippen LogP contribution in [0.1, 0.15) is 16.1 Å². The highest BCUT2D eigenvalue weighted by atomic mass is 79.9. The molecule has 2 rings (SSSR count). The molecule has 2 heterocycles. The van der Waals surface area contributed by atoms with Crippen molar-refractivity contribution in [2.24, 2.45) is 0 Å². The van der Waals surface area contributed by atoms with Gasteiger partial charge in [0.1, 0.15) is 15.0 Å². The molecule has 0 aliphatic carbocycles. The predicted molar refractivity (Wildman–Crippen MR) is 68.8 cm³/mol. The molecule has 0 saturated carbocycles. The summed E-state index contributed by atoms with van der Waals surface area (Å²) >= 11 is 6.40. The van der Waals surface area contributed by atoms with Crippen molar-refractivity contribution in [3.63, 3.8) is 0 Å². The third-order valence-corrected chi connectivity index (χ3v) is 2.97. The summed E-state index contributed by atoms with van der Waals surface area (Å²) in [4.78, 5) is 20.0. The maximum Gasteiger partial charge on any atom is 0.260 e. The van der Waals surface area contributed by atoms with E-state index < -0.39 is 0 Å². The number of rotatable bonds is 2. The molecule has 0 aliphatic rings. The molecule has 0 unspecified atom stereocenters. The first kappa shape index (κ1) is 12.3. The van der Waals surface area contributed by atoms with Crippen LogP contribution in [0, 0.1) is 6.92 Å². The summed E-state index contributed by atoms with van der Waals surface area (Å²) < 4.78 is 6.10. The number of amides is 1. The lowest BCUT2D eigenvalue weighted by Crippen LogP contribution is -2.14. The maximum atomic E-state index is 11.9. The van der Waals surface area contributed by atoms with Crippen LogP contribution >= 0.6 is 31.9 Å². The third-order valence-electron chi connectivity index (χ3n) is 2.04. The molecule has 1 N–H and O–H groups in total. The van der Waals surface area contributed by atoms with Crippen LogP contribution in [0.5, 0.6) is 0 Å². The van der Waals surface area contributed by atoms with Crippen LogP contribution in [0.3, 0.4) is 0 Å². The number of halogens is 2. The Morgan fingerprint density at radius 2 is 2.24 bits per heavy atom. The van der Waals surface area contributed by atoms with E-state index in [1.807, 2.05) is 0 Å². The molecule has 2 aromatic rings. The lowest BCUT2D eigenvalue weighted by molar-refractivity contribution is 0.102. The van der Waals surface area contributed by atoms with E-state index in [-0.39, 0.29) is 5.91 Å². The van der Waals surface area contributed by atoms with Crippen LogP contribution < -0.4 is 5.32 Å². The van der Waals surface area contributed by atoms with Gasteiger partial charge in [-0.25, -0.2) is 9.97 Å². The topological polar surface area (TPSA) is 68.0 Å². The standard InChI is InChI=1S/C10H7Br2N3O2/c1-5-6(2-3-17-5)10(16)15-9-8(12)14-7(11)4-13-9/h2-4H,1H3,(H,13,15,16). The van der Waals surface area contributed by atoms with Crippen LogP contribution in [-0.4, -0.2) is 15.9 Å². The molecule has 88 valence electrons. The minimum Gasteiger partial charge on any atom is -0.469 e.